The molecule has 6 nitrogen and oxygen atoms in total. The Bertz CT molecular complexity index is 976. The van der Waals surface area contributed by atoms with Gasteiger partial charge in [-0.3, -0.25) is 4.79 Å². The Balaban J connectivity index is 1.46. The van der Waals surface area contributed by atoms with Crippen LogP contribution >= 0.6 is 11.6 Å². The van der Waals surface area contributed by atoms with Crippen LogP contribution in [-0.2, 0) is 14.3 Å². The Morgan fingerprint density at radius 2 is 1.94 bits per heavy atom. The molecule has 0 amide bonds. The number of carbonyl (C=O) groups excluding carboxylic acids is 1. The van der Waals surface area contributed by atoms with Crippen LogP contribution in [0.5, 0.6) is 0 Å². The van der Waals surface area contributed by atoms with Crippen LogP contribution in [0.2, 0.25) is 5.02 Å². The molecular weight excluding hydrogens is 414 g/mol. The van der Waals surface area contributed by atoms with Gasteiger partial charge in [0, 0.05) is 46.8 Å². The van der Waals surface area contributed by atoms with Gasteiger partial charge in [-0.25, -0.2) is 9.97 Å². The van der Waals surface area contributed by atoms with Gasteiger partial charge in [0.15, 0.2) is 11.6 Å². The second kappa shape index (κ2) is 9.47. The summed E-state index contributed by atoms with van der Waals surface area (Å²) in [5.74, 6) is 0.158. The highest BCUT2D eigenvalue weighted by molar-refractivity contribution is 6.36. The van der Waals surface area contributed by atoms with Crippen molar-refractivity contribution in [2.75, 3.05) is 18.5 Å². The van der Waals surface area contributed by atoms with Crippen molar-refractivity contribution in [1.82, 2.24) is 9.97 Å². The molecule has 0 radical (unpaired) electrons. The lowest BCUT2D eigenvalue weighted by Crippen LogP contribution is -2.45. The number of aryl methyl sites for hydroxylation is 1. The maximum Gasteiger partial charge on any atom is 0.223 e. The van der Waals surface area contributed by atoms with E-state index in [0.29, 0.717) is 22.1 Å². The van der Waals surface area contributed by atoms with Gasteiger partial charge in [0.25, 0.3) is 0 Å². The Kier molecular flexibility index (Phi) is 6.70. The van der Waals surface area contributed by atoms with Crippen LogP contribution in [0.4, 0.5) is 5.95 Å². The average molecular weight is 442 g/mol. The molecule has 2 aliphatic rings. The fourth-order valence-corrected chi connectivity index (χ4v) is 4.42. The molecule has 2 aromatic rings. The number of benzene rings is 1. The first-order valence-electron chi connectivity index (χ1n) is 10.8. The minimum absolute atomic E-state index is 0.0574. The maximum atomic E-state index is 12.3. The summed E-state index contributed by atoms with van der Waals surface area (Å²) >= 11 is 6.30. The summed E-state index contributed by atoms with van der Waals surface area (Å²) in [7, 11) is 0. The first kappa shape index (κ1) is 21.9. The van der Waals surface area contributed by atoms with Gasteiger partial charge < -0.3 is 14.8 Å². The van der Waals surface area contributed by atoms with E-state index < -0.39 is 0 Å². The molecule has 1 aromatic carbocycles. The lowest BCUT2D eigenvalue weighted by Gasteiger charge is -2.42. The topological polar surface area (TPSA) is 73.3 Å². The number of ether oxygens (including phenoxy) is 2. The van der Waals surface area contributed by atoms with Crippen LogP contribution in [0.15, 0.2) is 30.5 Å². The Labute approximate surface area is 188 Å². The first-order valence-corrected chi connectivity index (χ1v) is 11.2. The minimum Gasteiger partial charge on any atom is -0.351 e. The summed E-state index contributed by atoms with van der Waals surface area (Å²) in [6, 6.07) is 7.62. The molecule has 0 unspecified atom stereocenters. The smallest absolute Gasteiger partial charge is 0.223 e. The summed E-state index contributed by atoms with van der Waals surface area (Å²) in [6.45, 7) is 5.02. The Morgan fingerprint density at radius 3 is 2.58 bits per heavy atom. The number of allylic oxidation sites excluding steroid dienone is 1. The van der Waals surface area contributed by atoms with Gasteiger partial charge in [0.05, 0.1) is 18.9 Å². The zero-order valence-corrected chi connectivity index (χ0v) is 18.7. The number of hydrogen-bond acceptors (Lipinski definition) is 6. The average Bonchev–Trinajstić information content (AvgIpc) is 2.76. The van der Waals surface area contributed by atoms with Gasteiger partial charge in [-0.15, -0.1) is 0 Å². The van der Waals surface area contributed by atoms with Crippen molar-refractivity contribution in [1.29, 1.82) is 0 Å². The molecule has 7 heteroatoms. The van der Waals surface area contributed by atoms with Crippen LogP contribution in [0.25, 0.3) is 11.6 Å². The molecule has 2 fully saturated rings. The van der Waals surface area contributed by atoms with Crippen molar-refractivity contribution in [3.63, 3.8) is 0 Å². The molecule has 1 aromatic heterocycles. The summed E-state index contributed by atoms with van der Waals surface area (Å²) < 4.78 is 11.8. The van der Waals surface area contributed by atoms with E-state index in [1.54, 1.807) is 12.3 Å². The van der Waals surface area contributed by atoms with Crippen molar-refractivity contribution in [2.24, 2.45) is 0 Å². The number of aromatic nitrogens is 2. The molecule has 1 saturated carbocycles. The highest BCUT2D eigenvalue weighted by Gasteiger charge is 2.39. The zero-order valence-electron chi connectivity index (χ0n) is 18.0. The molecule has 164 valence electrons. The molecular formula is C24H28ClN3O3. The minimum atomic E-state index is -0.385. The molecule has 31 heavy (non-hydrogen) atoms. The van der Waals surface area contributed by atoms with Crippen molar-refractivity contribution in [3.8, 4) is 0 Å². The fourth-order valence-electron chi connectivity index (χ4n) is 4.18. The van der Waals surface area contributed by atoms with Crippen molar-refractivity contribution in [2.45, 2.75) is 57.8 Å². The van der Waals surface area contributed by atoms with E-state index in [-0.39, 0.29) is 17.6 Å². The first-order chi connectivity index (χ1) is 15.0. The van der Waals surface area contributed by atoms with Crippen LogP contribution in [0.3, 0.4) is 0 Å². The van der Waals surface area contributed by atoms with Gasteiger partial charge in [-0.1, -0.05) is 29.8 Å². The molecule has 1 N–H and O–H groups in total. The second-order valence-corrected chi connectivity index (χ2v) is 8.62. The number of anilines is 1. The predicted molar refractivity (Wildman–Crippen MR) is 122 cm³/mol. The Morgan fingerprint density at radius 1 is 1.23 bits per heavy atom. The third-order valence-electron chi connectivity index (χ3n) is 5.96. The predicted octanol–water partition coefficient (Wildman–Crippen LogP) is 5.06. The standard InChI is InChI=1S/C24H28ClN3O3/c1-16-18(14-21(17(2)29)20-6-3-4-7-22(20)25)15-26-23(27-16)28-19-8-10-24(11-9-19)30-12-5-13-31-24/h3-4,6-7,14-15,19H,5,8-13H2,1-2H3,(H,26,27,28)/b21-14+. The number of nitrogens with zero attached hydrogens (tertiary/aromatic N) is 2. The molecule has 2 heterocycles. The van der Waals surface area contributed by atoms with E-state index in [4.69, 9.17) is 21.1 Å². The number of halogens is 1. The molecule has 0 atom stereocenters. The van der Waals surface area contributed by atoms with E-state index >= 15 is 0 Å². The third kappa shape index (κ3) is 5.14. The largest absolute Gasteiger partial charge is 0.351 e. The zero-order chi connectivity index (χ0) is 21.8. The van der Waals surface area contributed by atoms with Crippen molar-refractivity contribution >= 4 is 35.0 Å². The number of rotatable bonds is 5. The number of carbonyl (C=O) groups is 1. The normalized spacial score (nSPS) is 19.4. The lowest BCUT2D eigenvalue weighted by atomic mass is 9.89. The number of ketones is 1. The van der Waals surface area contributed by atoms with Gasteiger partial charge in [0.1, 0.15) is 0 Å². The Hall–Kier alpha value is -2.28. The van der Waals surface area contributed by atoms with Crippen LogP contribution in [-0.4, -0.2) is 40.8 Å². The van der Waals surface area contributed by atoms with E-state index in [9.17, 15) is 4.79 Å². The highest BCUT2D eigenvalue weighted by Crippen LogP contribution is 2.36. The maximum absolute atomic E-state index is 12.3. The summed E-state index contributed by atoms with van der Waals surface area (Å²) in [5.41, 5.74) is 2.85. The van der Waals surface area contributed by atoms with Crippen LogP contribution in [0, 0.1) is 6.92 Å². The van der Waals surface area contributed by atoms with Crippen molar-refractivity contribution < 1.29 is 14.3 Å². The van der Waals surface area contributed by atoms with E-state index in [1.165, 1.54) is 6.92 Å². The molecule has 1 saturated heterocycles. The van der Waals surface area contributed by atoms with E-state index in [2.05, 4.69) is 15.3 Å². The van der Waals surface area contributed by atoms with E-state index in [0.717, 1.165) is 56.6 Å². The molecule has 4 rings (SSSR count). The number of hydrogen-bond donors (Lipinski definition) is 1. The fraction of sp³-hybridized carbons (Fsp3) is 0.458. The van der Waals surface area contributed by atoms with Crippen LogP contribution < -0.4 is 5.32 Å². The number of nitrogens with one attached hydrogen (secondary N) is 1. The molecule has 0 bridgehead atoms. The SMILES string of the molecule is CC(=O)/C(=C\c1cnc(NC2CCC3(CC2)OCCCO3)nc1C)c1ccccc1Cl. The summed E-state index contributed by atoms with van der Waals surface area (Å²) in [5, 5.41) is 3.99. The molecule has 1 aliphatic heterocycles. The van der Waals surface area contributed by atoms with Gasteiger partial charge in [0.2, 0.25) is 5.95 Å². The monoisotopic (exact) mass is 441 g/mol. The second-order valence-electron chi connectivity index (χ2n) is 8.21. The summed E-state index contributed by atoms with van der Waals surface area (Å²) in [4.78, 5) is 21.4. The van der Waals surface area contributed by atoms with Gasteiger partial charge in [-0.05, 0) is 45.3 Å². The van der Waals surface area contributed by atoms with Gasteiger partial charge >= 0.3 is 0 Å². The summed E-state index contributed by atoms with van der Waals surface area (Å²) in [6.07, 6.45) is 8.19. The third-order valence-corrected chi connectivity index (χ3v) is 6.29. The quantitative estimate of drug-likeness (QED) is 0.654. The number of Topliss-reactive ketones (excluding diaryl/α,β-unsaturated/α-hetero) is 1. The van der Waals surface area contributed by atoms with Crippen LogP contribution in [0.1, 0.15) is 55.8 Å². The molecule has 1 spiro atoms. The molecule has 1 aliphatic carbocycles. The van der Waals surface area contributed by atoms with Crippen molar-refractivity contribution in [3.05, 3.63) is 52.3 Å². The highest BCUT2D eigenvalue weighted by atomic mass is 35.5. The lowest BCUT2D eigenvalue weighted by molar-refractivity contribution is -0.280. The van der Waals surface area contributed by atoms with E-state index in [1.807, 2.05) is 31.2 Å². The van der Waals surface area contributed by atoms with Gasteiger partial charge in [-0.2, -0.15) is 0 Å².